The summed E-state index contributed by atoms with van der Waals surface area (Å²) in [5.41, 5.74) is 1.88. The lowest BCUT2D eigenvalue weighted by atomic mass is 10.3. The Bertz CT molecular complexity index is 780. The van der Waals surface area contributed by atoms with E-state index < -0.39 is 0 Å². The molecule has 1 amide bonds. The van der Waals surface area contributed by atoms with E-state index in [0.717, 1.165) is 28.2 Å². The maximum Gasteiger partial charge on any atom is 0.240 e. The van der Waals surface area contributed by atoms with E-state index in [1.807, 2.05) is 46.3 Å². The third-order valence-corrected chi connectivity index (χ3v) is 4.41. The fourth-order valence-corrected chi connectivity index (χ4v) is 3.20. The second kappa shape index (κ2) is 7.39. The molecule has 120 valence electrons. The molecule has 0 aliphatic rings. The van der Waals surface area contributed by atoms with Crippen molar-refractivity contribution in [2.75, 3.05) is 20.3 Å². The number of carbonyl (C=O) groups is 1. The van der Waals surface area contributed by atoms with Crippen LogP contribution < -0.4 is 5.32 Å². The van der Waals surface area contributed by atoms with Crippen molar-refractivity contribution in [3.63, 3.8) is 0 Å². The highest BCUT2D eigenvalue weighted by molar-refractivity contribution is 7.13. The summed E-state index contributed by atoms with van der Waals surface area (Å²) in [7, 11) is 1.66. The van der Waals surface area contributed by atoms with Crippen LogP contribution in [0.3, 0.4) is 0 Å². The van der Waals surface area contributed by atoms with Gasteiger partial charge in [0.15, 0.2) is 5.82 Å². The standard InChI is InChI=1S/C17H19N3O2S/c1-22-10-5-9-18-16(21)12-20-14-7-3-2-6-13(14)19-17(20)15-8-4-11-23-15/h2-4,6-8,11H,5,9-10,12H2,1H3,(H,18,21). The van der Waals surface area contributed by atoms with Crippen LogP contribution >= 0.6 is 11.3 Å². The summed E-state index contributed by atoms with van der Waals surface area (Å²) in [6.07, 6.45) is 0.810. The number of methoxy groups -OCH3 is 1. The Morgan fingerprint density at radius 2 is 2.17 bits per heavy atom. The Hall–Kier alpha value is -2.18. The number of carbonyl (C=O) groups excluding carboxylic acids is 1. The van der Waals surface area contributed by atoms with Crippen LogP contribution in [0.2, 0.25) is 0 Å². The smallest absolute Gasteiger partial charge is 0.240 e. The molecule has 0 fully saturated rings. The average molecular weight is 329 g/mol. The summed E-state index contributed by atoms with van der Waals surface area (Å²) in [6, 6.07) is 11.9. The van der Waals surface area contributed by atoms with Gasteiger partial charge in [0.2, 0.25) is 5.91 Å². The van der Waals surface area contributed by atoms with Gasteiger partial charge in [0, 0.05) is 20.3 Å². The van der Waals surface area contributed by atoms with Crippen LogP contribution in [0.1, 0.15) is 6.42 Å². The van der Waals surface area contributed by atoms with Crippen molar-refractivity contribution in [1.82, 2.24) is 14.9 Å². The molecular formula is C17H19N3O2S. The van der Waals surface area contributed by atoms with Crippen LogP contribution in [0.15, 0.2) is 41.8 Å². The summed E-state index contributed by atoms with van der Waals surface area (Å²) in [4.78, 5) is 18.0. The molecule has 23 heavy (non-hydrogen) atoms. The lowest BCUT2D eigenvalue weighted by Gasteiger charge is -2.09. The van der Waals surface area contributed by atoms with E-state index in [0.29, 0.717) is 13.2 Å². The average Bonchev–Trinajstić information content (AvgIpc) is 3.20. The quantitative estimate of drug-likeness (QED) is 0.678. The monoisotopic (exact) mass is 329 g/mol. The first kappa shape index (κ1) is 15.7. The van der Waals surface area contributed by atoms with Gasteiger partial charge in [-0.15, -0.1) is 11.3 Å². The van der Waals surface area contributed by atoms with Gasteiger partial charge in [-0.1, -0.05) is 18.2 Å². The molecule has 0 unspecified atom stereocenters. The molecule has 0 saturated carbocycles. The number of thiophene rings is 1. The molecule has 0 radical (unpaired) electrons. The van der Waals surface area contributed by atoms with Crippen molar-refractivity contribution in [2.45, 2.75) is 13.0 Å². The fraction of sp³-hybridized carbons (Fsp3) is 0.294. The summed E-state index contributed by atoms with van der Waals surface area (Å²) >= 11 is 1.63. The Morgan fingerprint density at radius 1 is 1.30 bits per heavy atom. The van der Waals surface area contributed by atoms with Crippen molar-refractivity contribution < 1.29 is 9.53 Å². The molecular weight excluding hydrogens is 310 g/mol. The van der Waals surface area contributed by atoms with Crippen molar-refractivity contribution >= 4 is 28.3 Å². The predicted octanol–water partition coefficient (Wildman–Crippen LogP) is 2.92. The van der Waals surface area contributed by atoms with Crippen molar-refractivity contribution in [2.24, 2.45) is 0 Å². The van der Waals surface area contributed by atoms with Crippen LogP contribution in [0, 0.1) is 0 Å². The summed E-state index contributed by atoms with van der Waals surface area (Å²) < 4.78 is 6.97. The van der Waals surface area contributed by atoms with Crippen LogP contribution in [-0.2, 0) is 16.1 Å². The normalized spacial score (nSPS) is 11.0. The molecule has 0 aliphatic heterocycles. The first-order valence-electron chi connectivity index (χ1n) is 7.54. The minimum absolute atomic E-state index is 0.0120. The molecule has 0 aliphatic carbocycles. The molecule has 1 aromatic carbocycles. The van der Waals surface area contributed by atoms with Gasteiger partial charge in [0.05, 0.1) is 15.9 Å². The second-order valence-electron chi connectivity index (χ2n) is 5.18. The van der Waals surface area contributed by atoms with Gasteiger partial charge in [0.1, 0.15) is 6.54 Å². The number of aromatic nitrogens is 2. The van der Waals surface area contributed by atoms with Crippen LogP contribution in [0.25, 0.3) is 21.7 Å². The molecule has 0 saturated heterocycles. The number of hydrogen-bond acceptors (Lipinski definition) is 4. The van der Waals surface area contributed by atoms with Gasteiger partial charge in [-0.3, -0.25) is 4.79 Å². The number of fused-ring (bicyclic) bond motifs is 1. The topological polar surface area (TPSA) is 56.1 Å². The maximum absolute atomic E-state index is 12.2. The highest BCUT2D eigenvalue weighted by Crippen LogP contribution is 2.27. The van der Waals surface area contributed by atoms with Crippen LogP contribution in [-0.4, -0.2) is 35.7 Å². The zero-order valence-corrected chi connectivity index (χ0v) is 13.8. The molecule has 0 spiro atoms. The molecule has 5 nitrogen and oxygen atoms in total. The number of hydrogen-bond donors (Lipinski definition) is 1. The minimum Gasteiger partial charge on any atom is -0.385 e. The van der Waals surface area contributed by atoms with Gasteiger partial charge in [-0.2, -0.15) is 0 Å². The van der Waals surface area contributed by atoms with Gasteiger partial charge in [-0.25, -0.2) is 4.98 Å². The van der Waals surface area contributed by atoms with Crippen LogP contribution in [0.4, 0.5) is 0 Å². The molecule has 3 aromatic rings. The summed E-state index contributed by atoms with van der Waals surface area (Å²) in [5.74, 6) is 0.829. The largest absolute Gasteiger partial charge is 0.385 e. The third-order valence-electron chi connectivity index (χ3n) is 3.55. The third kappa shape index (κ3) is 3.60. The number of rotatable bonds is 7. The number of nitrogens with zero attached hydrogens (tertiary/aromatic N) is 2. The van der Waals surface area contributed by atoms with Crippen molar-refractivity contribution in [1.29, 1.82) is 0 Å². The zero-order valence-electron chi connectivity index (χ0n) is 13.0. The number of imidazole rings is 1. The Labute approximate surface area is 138 Å². The van der Waals surface area contributed by atoms with E-state index in [9.17, 15) is 4.79 Å². The van der Waals surface area contributed by atoms with E-state index in [4.69, 9.17) is 9.72 Å². The lowest BCUT2D eigenvalue weighted by Crippen LogP contribution is -2.29. The number of nitrogens with one attached hydrogen (secondary N) is 1. The number of amides is 1. The first-order chi connectivity index (χ1) is 11.3. The van der Waals surface area contributed by atoms with Crippen molar-refractivity contribution in [3.8, 4) is 10.7 Å². The Morgan fingerprint density at radius 3 is 2.96 bits per heavy atom. The minimum atomic E-state index is -0.0120. The van der Waals surface area contributed by atoms with Gasteiger partial charge in [-0.05, 0) is 30.0 Å². The van der Waals surface area contributed by atoms with E-state index in [1.165, 1.54) is 0 Å². The van der Waals surface area contributed by atoms with E-state index >= 15 is 0 Å². The summed E-state index contributed by atoms with van der Waals surface area (Å²) in [5, 5.41) is 4.95. The number of benzene rings is 1. The highest BCUT2D eigenvalue weighted by atomic mass is 32.1. The van der Waals surface area contributed by atoms with E-state index in [2.05, 4.69) is 5.32 Å². The molecule has 3 rings (SSSR count). The molecule has 1 N–H and O–H groups in total. The van der Waals surface area contributed by atoms with Gasteiger partial charge < -0.3 is 14.6 Å². The number of ether oxygens (including phenoxy) is 1. The maximum atomic E-state index is 12.2. The fourth-order valence-electron chi connectivity index (χ4n) is 2.47. The summed E-state index contributed by atoms with van der Waals surface area (Å²) in [6.45, 7) is 1.53. The number of para-hydroxylation sites is 2. The molecule has 6 heteroatoms. The van der Waals surface area contributed by atoms with E-state index in [-0.39, 0.29) is 12.5 Å². The first-order valence-corrected chi connectivity index (χ1v) is 8.42. The molecule has 0 atom stereocenters. The van der Waals surface area contributed by atoms with Gasteiger partial charge >= 0.3 is 0 Å². The zero-order chi connectivity index (χ0) is 16.1. The van der Waals surface area contributed by atoms with E-state index in [1.54, 1.807) is 18.4 Å². The second-order valence-corrected chi connectivity index (χ2v) is 6.13. The van der Waals surface area contributed by atoms with Crippen molar-refractivity contribution in [3.05, 3.63) is 41.8 Å². The molecule has 2 aromatic heterocycles. The predicted molar refractivity (Wildman–Crippen MR) is 92.5 cm³/mol. The molecule has 2 heterocycles. The Kier molecular flexibility index (Phi) is 5.05. The Balaban J connectivity index is 1.84. The highest BCUT2D eigenvalue weighted by Gasteiger charge is 2.15. The lowest BCUT2D eigenvalue weighted by molar-refractivity contribution is -0.121. The van der Waals surface area contributed by atoms with Gasteiger partial charge in [0.25, 0.3) is 0 Å². The SMILES string of the molecule is COCCCNC(=O)Cn1c(-c2cccs2)nc2ccccc21. The van der Waals surface area contributed by atoms with Crippen LogP contribution in [0.5, 0.6) is 0 Å². The molecule has 0 bridgehead atoms.